The van der Waals surface area contributed by atoms with Gasteiger partial charge < -0.3 is 19.5 Å². The summed E-state index contributed by atoms with van der Waals surface area (Å²) in [6.45, 7) is -0.0430. The molecule has 0 saturated heterocycles. The molecule has 0 aliphatic carbocycles. The molecule has 9 heteroatoms. The Morgan fingerprint density at radius 3 is 2.49 bits per heavy atom. The summed E-state index contributed by atoms with van der Waals surface area (Å²) in [4.78, 5) is 24.3. The van der Waals surface area contributed by atoms with Crippen LogP contribution in [0.1, 0.15) is 27.0 Å². The summed E-state index contributed by atoms with van der Waals surface area (Å²) in [6.07, 6.45) is 1.44. The lowest BCUT2D eigenvalue weighted by atomic mass is 10.1. The third-order valence-corrected chi connectivity index (χ3v) is 4.87. The first-order valence-corrected chi connectivity index (χ1v) is 10.6. The summed E-state index contributed by atoms with van der Waals surface area (Å²) in [5.74, 6) is 0.463. The SMILES string of the molecule is COc1cc(C=NNC(=O)CNC(=O)c2ccccc2OC)ccc1OCc1ccccc1C#N. The van der Waals surface area contributed by atoms with Gasteiger partial charge in [0.2, 0.25) is 0 Å². The Hall–Kier alpha value is -4.84. The van der Waals surface area contributed by atoms with Crippen molar-refractivity contribution in [2.75, 3.05) is 20.8 Å². The number of nitrogens with one attached hydrogen (secondary N) is 2. The number of rotatable bonds is 10. The summed E-state index contributed by atoms with van der Waals surface area (Å²) >= 11 is 0. The highest BCUT2D eigenvalue weighted by atomic mass is 16.5. The van der Waals surface area contributed by atoms with Crippen molar-refractivity contribution in [3.63, 3.8) is 0 Å². The second-order valence-corrected chi connectivity index (χ2v) is 7.14. The van der Waals surface area contributed by atoms with Gasteiger partial charge in [-0.15, -0.1) is 0 Å². The molecular weight excluding hydrogens is 448 g/mol. The third kappa shape index (κ3) is 6.82. The van der Waals surface area contributed by atoms with Gasteiger partial charge in [-0.25, -0.2) is 5.43 Å². The Kier molecular flexibility index (Phi) is 8.79. The Bertz CT molecular complexity index is 1270. The Labute approximate surface area is 202 Å². The first-order chi connectivity index (χ1) is 17.0. The number of carbonyl (C=O) groups is 2. The lowest BCUT2D eigenvalue weighted by Crippen LogP contribution is -2.35. The van der Waals surface area contributed by atoms with E-state index in [1.165, 1.54) is 20.4 Å². The molecule has 0 fully saturated rings. The predicted molar refractivity (Wildman–Crippen MR) is 130 cm³/mol. The van der Waals surface area contributed by atoms with E-state index in [0.29, 0.717) is 33.9 Å². The van der Waals surface area contributed by atoms with Crippen LogP contribution in [-0.4, -0.2) is 38.8 Å². The van der Waals surface area contributed by atoms with Gasteiger partial charge in [0.25, 0.3) is 11.8 Å². The number of ether oxygens (including phenoxy) is 3. The highest BCUT2D eigenvalue weighted by Crippen LogP contribution is 2.28. The first kappa shape index (κ1) is 24.8. The maximum atomic E-state index is 12.3. The van der Waals surface area contributed by atoms with E-state index in [1.807, 2.05) is 12.1 Å². The molecule has 3 aromatic rings. The maximum absolute atomic E-state index is 12.3. The fourth-order valence-corrected chi connectivity index (χ4v) is 3.10. The number of hydrogen-bond donors (Lipinski definition) is 2. The van der Waals surface area contributed by atoms with Crippen LogP contribution in [0.3, 0.4) is 0 Å². The molecule has 0 heterocycles. The van der Waals surface area contributed by atoms with Gasteiger partial charge in [-0.3, -0.25) is 9.59 Å². The number of hydrazone groups is 1. The minimum absolute atomic E-state index is 0.212. The topological polar surface area (TPSA) is 122 Å². The van der Waals surface area contributed by atoms with E-state index < -0.39 is 11.8 Å². The van der Waals surface area contributed by atoms with E-state index in [9.17, 15) is 14.9 Å². The third-order valence-electron chi connectivity index (χ3n) is 4.87. The van der Waals surface area contributed by atoms with Crippen molar-refractivity contribution in [2.24, 2.45) is 5.10 Å². The Balaban J connectivity index is 1.53. The van der Waals surface area contributed by atoms with Crippen LogP contribution < -0.4 is 25.0 Å². The number of amides is 2. The molecule has 9 nitrogen and oxygen atoms in total. The maximum Gasteiger partial charge on any atom is 0.259 e. The minimum atomic E-state index is -0.493. The van der Waals surface area contributed by atoms with Crippen LogP contribution >= 0.6 is 0 Å². The molecule has 0 aliphatic heterocycles. The van der Waals surface area contributed by atoms with E-state index >= 15 is 0 Å². The Morgan fingerprint density at radius 2 is 1.71 bits per heavy atom. The van der Waals surface area contributed by atoms with Crippen LogP contribution in [0.5, 0.6) is 17.2 Å². The number of methoxy groups -OCH3 is 2. The van der Waals surface area contributed by atoms with Crippen molar-refractivity contribution in [3.8, 4) is 23.3 Å². The van der Waals surface area contributed by atoms with Gasteiger partial charge in [-0.2, -0.15) is 10.4 Å². The highest BCUT2D eigenvalue weighted by Gasteiger charge is 2.12. The van der Waals surface area contributed by atoms with Crippen molar-refractivity contribution < 1.29 is 23.8 Å². The second-order valence-electron chi connectivity index (χ2n) is 7.14. The lowest BCUT2D eigenvalue weighted by Gasteiger charge is -2.12. The van der Waals surface area contributed by atoms with Crippen LogP contribution in [0.4, 0.5) is 0 Å². The van der Waals surface area contributed by atoms with Gasteiger partial charge in [0.15, 0.2) is 11.5 Å². The molecule has 0 bridgehead atoms. The fourth-order valence-electron chi connectivity index (χ4n) is 3.10. The molecule has 0 spiro atoms. The van der Waals surface area contributed by atoms with Crippen molar-refractivity contribution in [3.05, 3.63) is 89.0 Å². The molecule has 0 atom stereocenters. The second kappa shape index (κ2) is 12.4. The zero-order chi connectivity index (χ0) is 25.0. The summed E-state index contributed by atoms with van der Waals surface area (Å²) < 4.78 is 16.4. The minimum Gasteiger partial charge on any atom is -0.496 e. The van der Waals surface area contributed by atoms with Crippen LogP contribution in [0, 0.1) is 11.3 Å². The molecule has 35 heavy (non-hydrogen) atoms. The number of hydrogen-bond acceptors (Lipinski definition) is 7. The Morgan fingerprint density at radius 1 is 0.971 bits per heavy atom. The number of para-hydroxylation sites is 1. The molecule has 0 radical (unpaired) electrons. The van der Waals surface area contributed by atoms with Crippen LogP contribution in [0.15, 0.2) is 71.8 Å². The standard InChI is InChI=1S/C26H24N4O5/c1-33-22-10-6-5-9-21(22)26(32)28-16-25(31)30-29-15-18-11-12-23(24(13-18)34-2)35-17-20-8-4-3-7-19(20)14-27/h3-13,15H,16-17H2,1-2H3,(H,28,32)(H,30,31). The van der Waals surface area contributed by atoms with Crippen molar-refractivity contribution in [2.45, 2.75) is 6.61 Å². The molecule has 0 aromatic heterocycles. The predicted octanol–water partition coefficient (Wildman–Crippen LogP) is 3.03. The summed E-state index contributed by atoms with van der Waals surface area (Å²) in [7, 11) is 2.98. The van der Waals surface area contributed by atoms with Crippen molar-refractivity contribution >= 4 is 18.0 Å². The van der Waals surface area contributed by atoms with E-state index in [4.69, 9.17) is 14.2 Å². The lowest BCUT2D eigenvalue weighted by molar-refractivity contribution is -0.120. The van der Waals surface area contributed by atoms with Crippen LogP contribution in [-0.2, 0) is 11.4 Å². The van der Waals surface area contributed by atoms with Crippen LogP contribution in [0.25, 0.3) is 0 Å². The number of nitriles is 1. The smallest absolute Gasteiger partial charge is 0.259 e. The van der Waals surface area contributed by atoms with Gasteiger partial charge in [0.1, 0.15) is 12.4 Å². The number of carbonyl (C=O) groups excluding carboxylic acids is 2. The van der Waals surface area contributed by atoms with E-state index in [-0.39, 0.29) is 13.2 Å². The molecular formula is C26H24N4O5. The molecule has 178 valence electrons. The molecule has 2 amide bonds. The molecule has 0 aliphatic rings. The average molecular weight is 473 g/mol. The van der Waals surface area contributed by atoms with E-state index in [2.05, 4.69) is 21.9 Å². The highest BCUT2D eigenvalue weighted by molar-refractivity contribution is 5.98. The monoisotopic (exact) mass is 472 g/mol. The first-order valence-electron chi connectivity index (χ1n) is 10.6. The van der Waals surface area contributed by atoms with E-state index in [0.717, 1.165) is 5.56 Å². The summed E-state index contributed by atoms with van der Waals surface area (Å²) in [6, 6.07) is 21.2. The van der Waals surface area contributed by atoms with Gasteiger partial charge in [0, 0.05) is 5.56 Å². The van der Waals surface area contributed by atoms with Crippen molar-refractivity contribution in [1.29, 1.82) is 5.26 Å². The largest absolute Gasteiger partial charge is 0.496 e. The number of nitrogens with zero attached hydrogens (tertiary/aromatic N) is 2. The van der Waals surface area contributed by atoms with E-state index in [1.54, 1.807) is 54.6 Å². The van der Waals surface area contributed by atoms with Crippen LogP contribution in [0.2, 0.25) is 0 Å². The van der Waals surface area contributed by atoms with Gasteiger partial charge in [0.05, 0.1) is 44.2 Å². The van der Waals surface area contributed by atoms with Gasteiger partial charge in [-0.05, 0) is 42.0 Å². The van der Waals surface area contributed by atoms with Gasteiger partial charge in [-0.1, -0.05) is 30.3 Å². The average Bonchev–Trinajstić information content (AvgIpc) is 2.90. The quantitative estimate of drug-likeness (QED) is 0.346. The zero-order valence-corrected chi connectivity index (χ0v) is 19.3. The molecule has 0 unspecified atom stereocenters. The van der Waals surface area contributed by atoms with Crippen molar-refractivity contribution in [1.82, 2.24) is 10.7 Å². The normalized spacial score (nSPS) is 10.3. The molecule has 0 saturated carbocycles. The zero-order valence-electron chi connectivity index (χ0n) is 19.3. The summed E-state index contributed by atoms with van der Waals surface area (Å²) in [5.41, 5.74) is 4.66. The van der Waals surface area contributed by atoms with Gasteiger partial charge >= 0.3 is 0 Å². The fraction of sp³-hybridized carbons (Fsp3) is 0.154. The summed E-state index contributed by atoms with van der Waals surface area (Å²) in [5, 5.41) is 15.6. The molecule has 3 rings (SSSR count). The molecule has 3 aromatic carbocycles. The molecule has 2 N–H and O–H groups in total. The number of benzene rings is 3.